The Bertz CT molecular complexity index is 276. The van der Waals surface area contributed by atoms with E-state index >= 15 is 0 Å². The predicted molar refractivity (Wildman–Crippen MR) is 61.7 cm³/mol. The zero-order chi connectivity index (χ0) is 9.80. The van der Waals surface area contributed by atoms with Gasteiger partial charge in [-0.3, -0.25) is 0 Å². The highest BCUT2D eigenvalue weighted by Crippen LogP contribution is 2.01. The van der Waals surface area contributed by atoms with Gasteiger partial charge < -0.3 is 10.0 Å². The van der Waals surface area contributed by atoms with Crippen LogP contribution in [0.5, 0.6) is 0 Å². The summed E-state index contributed by atoms with van der Waals surface area (Å²) in [5, 5.41) is 3.56. The third-order valence-corrected chi connectivity index (χ3v) is 2.85. The standard InChI is InChI=1S/C11H17BN2/c1-2-14-10-6-9-13-12(14)11-7-4-3-5-8-11/h3-5,7-8,13H,2,6,9-10H2,1H3. The highest BCUT2D eigenvalue weighted by Gasteiger charge is 2.26. The highest BCUT2D eigenvalue weighted by molar-refractivity contribution is 6.68. The van der Waals surface area contributed by atoms with Crippen molar-refractivity contribution < 1.29 is 0 Å². The maximum absolute atomic E-state index is 3.56. The Labute approximate surface area is 86.4 Å². The summed E-state index contributed by atoms with van der Waals surface area (Å²) in [7, 11) is 0. The lowest BCUT2D eigenvalue weighted by Gasteiger charge is -2.33. The van der Waals surface area contributed by atoms with Crippen molar-refractivity contribution in [3.8, 4) is 0 Å². The maximum Gasteiger partial charge on any atom is 0.343 e. The fraction of sp³-hybridized carbons (Fsp3) is 0.455. The van der Waals surface area contributed by atoms with Gasteiger partial charge in [0.15, 0.2) is 0 Å². The second-order valence-electron chi connectivity index (χ2n) is 3.75. The van der Waals surface area contributed by atoms with Gasteiger partial charge in [0.2, 0.25) is 0 Å². The summed E-state index contributed by atoms with van der Waals surface area (Å²) in [6.07, 6.45) is 1.26. The van der Waals surface area contributed by atoms with Crippen LogP contribution in [0.25, 0.3) is 0 Å². The summed E-state index contributed by atoms with van der Waals surface area (Å²) in [5.74, 6) is 0. The Kier molecular flexibility index (Phi) is 3.22. The first kappa shape index (κ1) is 9.75. The summed E-state index contributed by atoms with van der Waals surface area (Å²) in [5.41, 5.74) is 1.38. The summed E-state index contributed by atoms with van der Waals surface area (Å²) in [6.45, 7) is 6.11. The molecule has 2 rings (SSSR count). The van der Waals surface area contributed by atoms with Gasteiger partial charge in [-0.25, -0.2) is 0 Å². The quantitative estimate of drug-likeness (QED) is 0.687. The van der Waals surface area contributed by atoms with Gasteiger partial charge in [-0.15, -0.1) is 0 Å². The molecular formula is C11H17BN2. The van der Waals surface area contributed by atoms with Crippen LogP contribution in [0.3, 0.4) is 0 Å². The van der Waals surface area contributed by atoms with Crippen molar-refractivity contribution in [2.45, 2.75) is 13.3 Å². The van der Waals surface area contributed by atoms with Gasteiger partial charge in [0, 0.05) is 0 Å². The van der Waals surface area contributed by atoms with Crippen LogP contribution in [-0.4, -0.2) is 31.4 Å². The molecule has 0 amide bonds. The second-order valence-corrected chi connectivity index (χ2v) is 3.75. The minimum absolute atomic E-state index is 0.426. The molecule has 0 atom stereocenters. The van der Waals surface area contributed by atoms with E-state index in [4.69, 9.17) is 0 Å². The Morgan fingerprint density at radius 3 is 2.86 bits per heavy atom. The molecule has 1 heterocycles. The van der Waals surface area contributed by atoms with E-state index in [1.165, 1.54) is 18.4 Å². The first-order valence-electron chi connectivity index (χ1n) is 5.44. The van der Waals surface area contributed by atoms with Crippen LogP contribution in [0.2, 0.25) is 0 Å². The number of hydrogen-bond acceptors (Lipinski definition) is 2. The molecule has 74 valence electrons. The van der Waals surface area contributed by atoms with E-state index in [0.717, 1.165) is 13.1 Å². The van der Waals surface area contributed by atoms with E-state index in [1.807, 2.05) is 0 Å². The van der Waals surface area contributed by atoms with Crippen LogP contribution >= 0.6 is 0 Å². The summed E-state index contributed by atoms with van der Waals surface area (Å²) in [4.78, 5) is 2.48. The van der Waals surface area contributed by atoms with Crippen molar-refractivity contribution in [2.24, 2.45) is 0 Å². The van der Waals surface area contributed by atoms with E-state index in [1.54, 1.807) is 0 Å². The minimum atomic E-state index is 0.426. The third kappa shape index (κ3) is 1.99. The van der Waals surface area contributed by atoms with E-state index in [0.29, 0.717) is 6.98 Å². The Morgan fingerprint density at radius 2 is 2.14 bits per heavy atom. The SMILES string of the molecule is CCN1CCCNB1c1ccccc1. The van der Waals surface area contributed by atoms with Gasteiger partial charge in [-0.2, -0.15) is 0 Å². The van der Waals surface area contributed by atoms with Crippen molar-refractivity contribution in [1.82, 2.24) is 10.0 Å². The molecule has 1 aliphatic heterocycles. The summed E-state index contributed by atoms with van der Waals surface area (Å²) < 4.78 is 0. The smallest absolute Gasteiger partial charge is 0.338 e. The van der Waals surface area contributed by atoms with Crippen LogP contribution in [-0.2, 0) is 0 Å². The molecule has 1 saturated heterocycles. The zero-order valence-electron chi connectivity index (χ0n) is 8.74. The molecule has 0 radical (unpaired) electrons. The number of nitrogens with one attached hydrogen (secondary N) is 1. The monoisotopic (exact) mass is 188 g/mol. The van der Waals surface area contributed by atoms with Crippen molar-refractivity contribution >= 4 is 12.4 Å². The highest BCUT2D eigenvalue weighted by atomic mass is 15.1. The van der Waals surface area contributed by atoms with E-state index in [2.05, 4.69) is 47.3 Å². The third-order valence-electron chi connectivity index (χ3n) is 2.85. The fourth-order valence-corrected chi connectivity index (χ4v) is 2.08. The molecule has 1 fully saturated rings. The largest absolute Gasteiger partial charge is 0.343 e. The normalized spacial score (nSPS) is 18.5. The van der Waals surface area contributed by atoms with Crippen LogP contribution in [0, 0.1) is 0 Å². The van der Waals surface area contributed by atoms with Gasteiger partial charge in [0.25, 0.3) is 0 Å². The number of rotatable bonds is 2. The van der Waals surface area contributed by atoms with Crippen molar-refractivity contribution in [3.63, 3.8) is 0 Å². The Morgan fingerprint density at radius 1 is 1.36 bits per heavy atom. The second kappa shape index (κ2) is 4.62. The summed E-state index contributed by atoms with van der Waals surface area (Å²) in [6, 6.07) is 10.7. The molecule has 3 heteroatoms. The molecule has 1 N–H and O–H groups in total. The predicted octanol–water partition coefficient (Wildman–Crippen LogP) is 0.697. The molecule has 0 saturated carbocycles. The van der Waals surface area contributed by atoms with E-state index in [9.17, 15) is 0 Å². The van der Waals surface area contributed by atoms with Gasteiger partial charge in [0.05, 0.1) is 0 Å². The average molecular weight is 188 g/mol. The Hall–Kier alpha value is -0.795. The molecule has 14 heavy (non-hydrogen) atoms. The number of hydrogen-bond donors (Lipinski definition) is 1. The first-order chi connectivity index (χ1) is 6.92. The molecule has 0 aliphatic carbocycles. The van der Waals surface area contributed by atoms with Crippen LogP contribution in [0.1, 0.15) is 13.3 Å². The number of benzene rings is 1. The first-order valence-corrected chi connectivity index (χ1v) is 5.44. The van der Waals surface area contributed by atoms with Gasteiger partial charge >= 0.3 is 6.98 Å². The molecule has 2 nitrogen and oxygen atoms in total. The molecule has 1 aromatic carbocycles. The lowest BCUT2D eigenvalue weighted by Crippen LogP contribution is -2.61. The van der Waals surface area contributed by atoms with Gasteiger partial charge in [-0.05, 0) is 31.5 Å². The summed E-state index contributed by atoms with van der Waals surface area (Å²) >= 11 is 0. The van der Waals surface area contributed by atoms with Crippen molar-refractivity contribution in [1.29, 1.82) is 0 Å². The van der Waals surface area contributed by atoms with Gasteiger partial charge in [-0.1, -0.05) is 37.3 Å². The molecule has 0 bridgehead atoms. The topological polar surface area (TPSA) is 15.3 Å². The lowest BCUT2D eigenvalue weighted by atomic mass is 9.64. The molecule has 1 aliphatic rings. The van der Waals surface area contributed by atoms with E-state index in [-0.39, 0.29) is 0 Å². The molecule has 0 aromatic heterocycles. The van der Waals surface area contributed by atoms with Crippen molar-refractivity contribution in [2.75, 3.05) is 19.6 Å². The Balaban J connectivity index is 2.15. The van der Waals surface area contributed by atoms with Crippen molar-refractivity contribution in [3.05, 3.63) is 30.3 Å². The van der Waals surface area contributed by atoms with Gasteiger partial charge in [0.1, 0.15) is 0 Å². The molecule has 1 aromatic rings. The number of nitrogens with zero attached hydrogens (tertiary/aromatic N) is 1. The van der Waals surface area contributed by atoms with Crippen LogP contribution in [0.4, 0.5) is 0 Å². The molecular weight excluding hydrogens is 171 g/mol. The van der Waals surface area contributed by atoms with Crippen LogP contribution < -0.4 is 10.7 Å². The fourth-order valence-electron chi connectivity index (χ4n) is 2.08. The molecule has 0 spiro atoms. The van der Waals surface area contributed by atoms with E-state index < -0.39 is 0 Å². The minimum Gasteiger partial charge on any atom is -0.338 e. The zero-order valence-corrected chi connectivity index (χ0v) is 8.74. The maximum atomic E-state index is 3.56. The molecule has 0 unspecified atom stereocenters. The van der Waals surface area contributed by atoms with Crippen LogP contribution in [0.15, 0.2) is 30.3 Å². The average Bonchev–Trinajstić information content (AvgIpc) is 2.30. The lowest BCUT2D eigenvalue weighted by molar-refractivity contribution is 0.411.